The van der Waals surface area contributed by atoms with Crippen molar-refractivity contribution in [1.82, 2.24) is 9.97 Å². The molecule has 0 aliphatic carbocycles. The molecule has 0 saturated heterocycles. The summed E-state index contributed by atoms with van der Waals surface area (Å²) in [7, 11) is 1.41. The number of methoxy groups -OCH3 is 1. The highest BCUT2D eigenvalue weighted by molar-refractivity contribution is 6.10. The average molecular weight is 458 g/mol. The Hall–Kier alpha value is -4.20. The summed E-state index contributed by atoms with van der Waals surface area (Å²) in [6, 6.07) is 17.3. The molecule has 2 amide bonds. The number of carbonyl (C=O) groups is 2. The maximum Gasteiger partial charge on any atom is 0.257 e. The van der Waals surface area contributed by atoms with Crippen LogP contribution in [-0.2, 0) is 16.8 Å². The lowest BCUT2D eigenvalue weighted by Gasteiger charge is -2.20. The second kappa shape index (κ2) is 7.98. The number of amides is 2. The number of anilines is 2. The number of fused-ring (bicyclic) bond motifs is 2. The molecule has 0 unspecified atom stereocenters. The van der Waals surface area contributed by atoms with Gasteiger partial charge in [-0.25, -0.2) is 9.37 Å². The maximum absolute atomic E-state index is 14.2. The van der Waals surface area contributed by atoms with Crippen molar-refractivity contribution in [2.75, 3.05) is 17.3 Å². The minimum atomic E-state index is -0.777. The molecule has 0 atom stereocenters. The van der Waals surface area contributed by atoms with E-state index in [9.17, 15) is 14.0 Å². The molecule has 2 heterocycles. The Balaban J connectivity index is 1.49. The minimum absolute atomic E-state index is 0.0796. The van der Waals surface area contributed by atoms with Crippen LogP contribution in [0, 0.1) is 5.82 Å². The third-order valence-electron chi connectivity index (χ3n) is 6.17. The number of nitrogens with zero attached hydrogens (tertiary/aromatic N) is 2. The van der Waals surface area contributed by atoms with Gasteiger partial charge in [-0.1, -0.05) is 24.3 Å². The van der Waals surface area contributed by atoms with E-state index in [2.05, 4.69) is 15.3 Å². The lowest BCUT2D eigenvalue weighted by Crippen LogP contribution is -2.35. The Labute approximate surface area is 195 Å². The van der Waals surface area contributed by atoms with Crippen LogP contribution in [-0.4, -0.2) is 28.9 Å². The quantitative estimate of drug-likeness (QED) is 0.450. The van der Waals surface area contributed by atoms with Crippen LogP contribution in [0.25, 0.3) is 11.0 Å². The van der Waals surface area contributed by atoms with Gasteiger partial charge in [-0.3, -0.25) is 14.9 Å². The molecule has 1 aromatic heterocycles. The first-order chi connectivity index (χ1) is 16.3. The summed E-state index contributed by atoms with van der Waals surface area (Å²) >= 11 is 0. The Morgan fingerprint density at radius 3 is 2.62 bits per heavy atom. The molecule has 5 rings (SSSR count). The van der Waals surface area contributed by atoms with Crippen LogP contribution in [0.3, 0.4) is 0 Å². The van der Waals surface area contributed by atoms with Crippen LogP contribution in [0.1, 0.15) is 35.3 Å². The van der Waals surface area contributed by atoms with Gasteiger partial charge in [0.2, 0.25) is 11.9 Å². The van der Waals surface area contributed by atoms with Gasteiger partial charge in [0, 0.05) is 5.56 Å². The van der Waals surface area contributed by atoms with Gasteiger partial charge in [-0.05, 0) is 61.4 Å². The summed E-state index contributed by atoms with van der Waals surface area (Å²) in [4.78, 5) is 35.1. The number of aromatic amines is 1. The fourth-order valence-electron chi connectivity index (χ4n) is 4.31. The summed E-state index contributed by atoms with van der Waals surface area (Å²) in [6.45, 7) is 3.94. The lowest BCUT2D eigenvalue weighted by molar-refractivity contribution is -0.122. The van der Waals surface area contributed by atoms with Gasteiger partial charge in [-0.15, -0.1) is 0 Å². The molecular weight excluding hydrogens is 435 g/mol. The van der Waals surface area contributed by atoms with Gasteiger partial charge in [0.15, 0.2) is 11.6 Å². The summed E-state index contributed by atoms with van der Waals surface area (Å²) in [6.07, 6.45) is 0. The number of carbonyl (C=O) groups excluding carboxylic acids is 2. The Morgan fingerprint density at radius 2 is 1.91 bits per heavy atom. The van der Waals surface area contributed by atoms with E-state index in [0.29, 0.717) is 28.1 Å². The van der Waals surface area contributed by atoms with E-state index in [4.69, 9.17) is 4.74 Å². The Kier molecular flexibility index (Phi) is 5.08. The van der Waals surface area contributed by atoms with Crippen molar-refractivity contribution in [2.24, 2.45) is 0 Å². The number of nitrogens with one attached hydrogen (secondary N) is 2. The molecule has 8 heteroatoms. The van der Waals surface area contributed by atoms with Crippen molar-refractivity contribution in [2.45, 2.75) is 25.8 Å². The fraction of sp³-hybridized carbons (Fsp3) is 0.192. The summed E-state index contributed by atoms with van der Waals surface area (Å²) in [5.74, 6) is -0.356. The number of rotatable bonds is 5. The zero-order valence-corrected chi connectivity index (χ0v) is 19.0. The van der Waals surface area contributed by atoms with Gasteiger partial charge in [0.05, 0.1) is 35.8 Å². The van der Waals surface area contributed by atoms with Crippen molar-refractivity contribution in [1.29, 1.82) is 0 Å². The maximum atomic E-state index is 14.2. The van der Waals surface area contributed by atoms with E-state index in [1.807, 2.05) is 32.0 Å². The first-order valence-electron chi connectivity index (χ1n) is 10.8. The predicted molar refractivity (Wildman–Crippen MR) is 128 cm³/mol. The van der Waals surface area contributed by atoms with E-state index in [0.717, 1.165) is 11.3 Å². The molecule has 0 radical (unpaired) electrons. The van der Waals surface area contributed by atoms with Crippen molar-refractivity contribution >= 4 is 34.5 Å². The van der Waals surface area contributed by atoms with E-state index < -0.39 is 11.2 Å². The van der Waals surface area contributed by atoms with Crippen molar-refractivity contribution in [3.63, 3.8) is 0 Å². The molecule has 34 heavy (non-hydrogen) atoms. The SMILES string of the molecule is COc1ccc(CN2C(=O)C(C)(C)c3cc4nc(NC(=O)c5ccccc5)[nH]c4cc32)cc1F. The zero-order chi connectivity index (χ0) is 24.0. The highest BCUT2D eigenvalue weighted by Crippen LogP contribution is 2.44. The molecular formula is C26H23FN4O3. The topological polar surface area (TPSA) is 87.3 Å². The third kappa shape index (κ3) is 3.57. The zero-order valence-electron chi connectivity index (χ0n) is 19.0. The lowest BCUT2D eigenvalue weighted by atomic mass is 9.86. The normalized spacial score (nSPS) is 14.4. The molecule has 1 aliphatic rings. The molecule has 4 aromatic rings. The van der Waals surface area contributed by atoms with Gasteiger partial charge < -0.3 is 14.6 Å². The van der Waals surface area contributed by atoms with Crippen molar-refractivity contribution in [3.05, 3.63) is 83.2 Å². The monoisotopic (exact) mass is 458 g/mol. The van der Waals surface area contributed by atoms with E-state index in [1.165, 1.54) is 13.2 Å². The van der Waals surface area contributed by atoms with Crippen LogP contribution in [0.15, 0.2) is 60.7 Å². The van der Waals surface area contributed by atoms with Crippen LogP contribution >= 0.6 is 0 Å². The number of aromatic nitrogens is 2. The van der Waals surface area contributed by atoms with E-state index in [-0.39, 0.29) is 24.1 Å². The van der Waals surface area contributed by atoms with E-state index >= 15 is 0 Å². The Bertz CT molecular complexity index is 1430. The molecule has 1 aliphatic heterocycles. The molecule has 3 aromatic carbocycles. The molecule has 2 N–H and O–H groups in total. The highest BCUT2D eigenvalue weighted by atomic mass is 19.1. The van der Waals surface area contributed by atoms with Crippen LogP contribution < -0.4 is 15.0 Å². The Morgan fingerprint density at radius 1 is 1.15 bits per heavy atom. The minimum Gasteiger partial charge on any atom is -0.494 e. The van der Waals surface area contributed by atoms with Gasteiger partial charge in [-0.2, -0.15) is 0 Å². The molecule has 0 saturated carbocycles. The third-order valence-corrected chi connectivity index (χ3v) is 6.17. The second-order valence-corrected chi connectivity index (χ2v) is 8.78. The number of halogens is 1. The molecule has 0 spiro atoms. The number of imidazole rings is 1. The first kappa shape index (κ1) is 21.6. The number of benzene rings is 3. The second-order valence-electron chi connectivity index (χ2n) is 8.78. The fourth-order valence-corrected chi connectivity index (χ4v) is 4.31. The summed E-state index contributed by atoms with van der Waals surface area (Å²) in [5, 5.41) is 2.78. The molecule has 0 bridgehead atoms. The van der Waals surface area contributed by atoms with Crippen molar-refractivity contribution < 1.29 is 18.7 Å². The number of hydrogen-bond acceptors (Lipinski definition) is 4. The predicted octanol–water partition coefficient (Wildman–Crippen LogP) is 4.79. The standard InChI is InChI=1S/C26H23FN4O3/c1-26(2)17-12-19-20(29-25(28-19)30-23(32)16-7-5-4-6-8-16)13-21(17)31(24(26)33)14-15-9-10-22(34-3)18(27)11-15/h4-13H,14H2,1-3H3,(H2,28,29,30,32). The summed E-state index contributed by atoms with van der Waals surface area (Å²) < 4.78 is 19.2. The van der Waals surface area contributed by atoms with E-state index in [1.54, 1.807) is 41.3 Å². The van der Waals surface area contributed by atoms with Crippen LogP contribution in [0.2, 0.25) is 0 Å². The smallest absolute Gasteiger partial charge is 0.257 e. The number of H-pyrrole nitrogens is 1. The van der Waals surface area contributed by atoms with Gasteiger partial charge >= 0.3 is 0 Å². The first-order valence-corrected chi connectivity index (χ1v) is 10.8. The van der Waals surface area contributed by atoms with Gasteiger partial charge in [0.25, 0.3) is 5.91 Å². The summed E-state index contributed by atoms with van der Waals surface area (Å²) in [5.41, 5.74) is 3.26. The number of hydrogen-bond donors (Lipinski definition) is 2. The van der Waals surface area contributed by atoms with Crippen molar-refractivity contribution in [3.8, 4) is 5.75 Å². The molecule has 172 valence electrons. The highest BCUT2D eigenvalue weighted by Gasteiger charge is 2.44. The number of ether oxygens (including phenoxy) is 1. The van der Waals surface area contributed by atoms with Crippen LogP contribution in [0.5, 0.6) is 5.75 Å². The van der Waals surface area contributed by atoms with Crippen LogP contribution in [0.4, 0.5) is 16.0 Å². The largest absolute Gasteiger partial charge is 0.494 e. The van der Waals surface area contributed by atoms with Gasteiger partial charge in [0.1, 0.15) is 0 Å². The average Bonchev–Trinajstić information content (AvgIpc) is 3.30. The molecule has 0 fully saturated rings. The molecule has 7 nitrogen and oxygen atoms in total.